The molecule has 1 aromatic carbocycles. The summed E-state index contributed by atoms with van der Waals surface area (Å²) in [6.45, 7) is 5.76. The Labute approximate surface area is 119 Å². The third-order valence-corrected chi connectivity index (χ3v) is 2.79. The molecule has 0 fully saturated rings. The second-order valence-corrected chi connectivity index (χ2v) is 5.68. The van der Waals surface area contributed by atoms with Gasteiger partial charge in [-0.1, -0.05) is 45.0 Å². The molecule has 1 rings (SSSR count). The zero-order valence-electron chi connectivity index (χ0n) is 12.2. The number of amides is 2. The predicted molar refractivity (Wildman–Crippen MR) is 76.7 cm³/mol. The van der Waals surface area contributed by atoms with E-state index < -0.39 is 5.41 Å². The lowest BCUT2D eigenvalue weighted by Gasteiger charge is -2.17. The summed E-state index contributed by atoms with van der Waals surface area (Å²) in [5, 5.41) is 14.2. The Morgan fingerprint density at radius 3 is 2.10 bits per heavy atom. The highest BCUT2D eigenvalue weighted by atomic mass is 16.3. The zero-order chi connectivity index (χ0) is 15.2. The lowest BCUT2D eigenvalue weighted by atomic mass is 9.96. The van der Waals surface area contributed by atoms with Gasteiger partial charge >= 0.3 is 0 Å². The van der Waals surface area contributed by atoms with Gasteiger partial charge in [-0.3, -0.25) is 9.59 Å². The largest absolute Gasteiger partial charge is 0.392 e. The van der Waals surface area contributed by atoms with Crippen LogP contribution in [0.5, 0.6) is 0 Å². The maximum Gasteiger partial charge on any atom is 0.239 e. The highest BCUT2D eigenvalue weighted by Gasteiger charge is 2.21. The van der Waals surface area contributed by atoms with Crippen LogP contribution in [-0.4, -0.2) is 23.5 Å². The van der Waals surface area contributed by atoms with Gasteiger partial charge in [0.2, 0.25) is 11.8 Å². The standard InChI is InChI=1S/C15H22N2O3/c1-15(2,3)14(20)17-9-13(19)16-8-11-4-6-12(10-18)7-5-11/h4-7,18H,8-10H2,1-3H3,(H,16,19)(H,17,20). The zero-order valence-corrected chi connectivity index (χ0v) is 12.2. The van der Waals surface area contributed by atoms with Crippen LogP contribution in [-0.2, 0) is 22.7 Å². The van der Waals surface area contributed by atoms with Crippen LogP contribution in [0.2, 0.25) is 0 Å². The molecule has 0 aliphatic heterocycles. The van der Waals surface area contributed by atoms with E-state index in [4.69, 9.17) is 5.11 Å². The van der Waals surface area contributed by atoms with Crippen molar-refractivity contribution in [3.8, 4) is 0 Å². The first-order valence-electron chi connectivity index (χ1n) is 6.56. The number of aliphatic hydroxyl groups excluding tert-OH is 1. The van der Waals surface area contributed by atoms with Crippen LogP contribution in [0.1, 0.15) is 31.9 Å². The Bertz CT molecular complexity index is 461. The van der Waals surface area contributed by atoms with Crippen LogP contribution in [0.4, 0.5) is 0 Å². The summed E-state index contributed by atoms with van der Waals surface area (Å²) in [4.78, 5) is 23.2. The average Bonchev–Trinajstić information content (AvgIpc) is 2.41. The third kappa shape index (κ3) is 5.40. The Balaban J connectivity index is 2.34. The molecule has 0 heterocycles. The van der Waals surface area contributed by atoms with Crippen molar-refractivity contribution in [1.82, 2.24) is 10.6 Å². The van der Waals surface area contributed by atoms with E-state index in [-0.39, 0.29) is 25.0 Å². The molecule has 0 atom stereocenters. The van der Waals surface area contributed by atoms with Gasteiger partial charge in [0, 0.05) is 12.0 Å². The quantitative estimate of drug-likeness (QED) is 0.750. The summed E-state index contributed by atoms with van der Waals surface area (Å²) < 4.78 is 0. The van der Waals surface area contributed by atoms with E-state index in [0.29, 0.717) is 6.54 Å². The molecule has 0 saturated heterocycles. The summed E-state index contributed by atoms with van der Waals surface area (Å²) in [5.41, 5.74) is 1.27. The fourth-order valence-electron chi connectivity index (χ4n) is 1.45. The lowest BCUT2D eigenvalue weighted by molar-refractivity contribution is -0.131. The highest BCUT2D eigenvalue weighted by molar-refractivity contribution is 5.87. The van der Waals surface area contributed by atoms with Gasteiger partial charge in [-0.2, -0.15) is 0 Å². The van der Waals surface area contributed by atoms with E-state index in [1.165, 1.54) is 0 Å². The summed E-state index contributed by atoms with van der Waals surface area (Å²) in [7, 11) is 0. The lowest BCUT2D eigenvalue weighted by Crippen LogP contribution is -2.41. The number of carbonyl (C=O) groups is 2. The van der Waals surface area contributed by atoms with Crippen molar-refractivity contribution in [3.63, 3.8) is 0 Å². The van der Waals surface area contributed by atoms with Crippen molar-refractivity contribution in [3.05, 3.63) is 35.4 Å². The molecular weight excluding hydrogens is 256 g/mol. The van der Waals surface area contributed by atoms with Crippen molar-refractivity contribution < 1.29 is 14.7 Å². The van der Waals surface area contributed by atoms with E-state index >= 15 is 0 Å². The molecular formula is C15H22N2O3. The molecule has 0 aliphatic carbocycles. The summed E-state index contributed by atoms with van der Waals surface area (Å²) in [6, 6.07) is 7.31. The molecule has 0 radical (unpaired) electrons. The molecule has 0 saturated carbocycles. The second-order valence-electron chi connectivity index (χ2n) is 5.68. The van der Waals surface area contributed by atoms with Gasteiger partial charge in [0.15, 0.2) is 0 Å². The normalized spacial score (nSPS) is 11.0. The van der Waals surface area contributed by atoms with Gasteiger partial charge in [-0.25, -0.2) is 0 Å². The summed E-state index contributed by atoms with van der Waals surface area (Å²) in [6.07, 6.45) is 0. The number of hydrogen-bond acceptors (Lipinski definition) is 3. The number of rotatable bonds is 5. The second kappa shape index (κ2) is 7.05. The first kappa shape index (κ1) is 16.2. The molecule has 5 nitrogen and oxygen atoms in total. The van der Waals surface area contributed by atoms with Gasteiger partial charge in [0.05, 0.1) is 13.2 Å². The van der Waals surface area contributed by atoms with Crippen LogP contribution in [0.15, 0.2) is 24.3 Å². The number of benzene rings is 1. The van der Waals surface area contributed by atoms with E-state index in [1.54, 1.807) is 20.8 Å². The number of carbonyl (C=O) groups excluding carboxylic acids is 2. The van der Waals surface area contributed by atoms with E-state index in [9.17, 15) is 9.59 Å². The first-order chi connectivity index (χ1) is 9.32. The molecule has 0 spiro atoms. The van der Waals surface area contributed by atoms with E-state index in [1.807, 2.05) is 24.3 Å². The van der Waals surface area contributed by atoms with Crippen molar-refractivity contribution >= 4 is 11.8 Å². The van der Waals surface area contributed by atoms with Gasteiger partial charge in [0.25, 0.3) is 0 Å². The average molecular weight is 278 g/mol. The predicted octanol–water partition coefficient (Wildman–Crippen LogP) is 0.957. The smallest absolute Gasteiger partial charge is 0.239 e. The minimum absolute atomic E-state index is 0.00543. The SMILES string of the molecule is CC(C)(C)C(=O)NCC(=O)NCc1ccc(CO)cc1. The molecule has 1 aromatic rings. The van der Waals surface area contributed by atoms with E-state index in [0.717, 1.165) is 11.1 Å². The van der Waals surface area contributed by atoms with Crippen LogP contribution >= 0.6 is 0 Å². The van der Waals surface area contributed by atoms with Crippen LogP contribution in [0.3, 0.4) is 0 Å². The fourth-order valence-corrected chi connectivity index (χ4v) is 1.45. The fraction of sp³-hybridized carbons (Fsp3) is 0.467. The van der Waals surface area contributed by atoms with E-state index in [2.05, 4.69) is 10.6 Å². The first-order valence-corrected chi connectivity index (χ1v) is 6.56. The Morgan fingerprint density at radius 1 is 1.05 bits per heavy atom. The molecule has 0 bridgehead atoms. The topological polar surface area (TPSA) is 78.4 Å². The third-order valence-electron chi connectivity index (χ3n) is 2.79. The Morgan fingerprint density at radius 2 is 1.60 bits per heavy atom. The minimum atomic E-state index is -0.500. The van der Waals surface area contributed by atoms with Crippen molar-refractivity contribution in [1.29, 1.82) is 0 Å². The molecule has 20 heavy (non-hydrogen) atoms. The van der Waals surface area contributed by atoms with Crippen molar-refractivity contribution in [2.45, 2.75) is 33.9 Å². The van der Waals surface area contributed by atoms with Crippen LogP contribution in [0, 0.1) is 5.41 Å². The van der Waals surface area contributed by atoms with Crippen LogP contribution < -0.4 is 10.6 Å². The molecule has 110 valence electrons. The molecule has 0 aromatic heterocycles. The number of hydrogen-bond donors (Lipinski definition) is 3. The molecule has 0 unspecified atom stereocenters. The molecule has 3 N–H and O–H groups in total. The van der Waals surface area contributed by atoms with Gasteiger partial charge < -0.3 is 15.7 Å². The van der Waals surface area contributed by atoms with Gasteiger partial charge in [-0.05, 0) is 11.1 Å². The molecule has 5 heteroatoms. The van der Waals surface area contributed by atoms with Crippen LogP contribution in [0.25, 0.3) is 0 Å². The van der Waals surface area contributed by atoms with Crippen molar-refractivity contribution in [2.75, 3.05) is 6.54 Å². The summed E-state index contributed by atoms with van der Waals surface area (Å²) in [5.74, 6) is -0.381. The monoisotopic (exact) mass is 278 g/mol. The highest BCUT2D eigenvalue weighted by Crippen LogP contribution is 2.11. The summed E-state index contributed by atoms with van der Waals surface area (Å²) >= 11 is 0. The Hall–Kier alpha value is -1.88. The van der Waals surface area contributed by atoms with Gasteiger partial charge in [-0.15, -0.1) is 0 Å². The maximum absolute atomic E-state index is 11.6. The molecule has 2 amide bonds. The maximum atomic E-state index is 11.6. The minimum Gasteiger partial charge on any atom is -0.392 e. The number of nitrogens with one attached hydrogen (secondary N) is 2. The van der Waals surface area contributed by atoms with Gasteiger partial charge in [0.1, 0.15) is 0 Å². The number of aliphatic hydroxyl groups is 1. The Kier molecular flexibility index (Phi) is 5.70. The molecule has 0 aliphatic rings. The van der Waals surface area contributed by atoms with Crippen molar-refractivity contribution in [2.24, 2.45) is 5.41 Å².